The van der Waals surface area contributed by atoms with Gasteiger partial charge in [-0.2, -0.15) is 0 Å². The smallest absolute Gasteiger partial charge is 0.168 e. The number of hydrogen-bond donors (Lipinski definition) is 2. The van der Waals surface area contributed by atoms with E-state index >= 15 is 0 Å². The number of aldehydes is 1. The molecule has 3 rings (SSSR count). The van der Waals surface area contributed by atoms with E-state index in [0.29, 0.717) is 21.1 Å². The van der Waals surface area contributed by atoms with Gasteiger partial charge in [0.25, 0.3) is 0 Å². The number of aliphatic imine (C=N–C) groups is 1. The van der Waals surface area contributed by atoms with Crippen LogP contribution in [0.4, 0.5) is 0 Å². The summed E-state index contributed by atoms with van der Waals surface area (Å²) < 4.78 is 0. The van der Waals surface area contributed by atoms with Crippen molar-refractivity contribution in [3.8, 4) is 17.6 Å². The van der Waals surface area contributed by atoms with Crippen LogP contribution in [0.5, 0.6) is 5.75 Å². The van der Waals surface area contributed by atoms with Crippen LogP contribution in [0.1, 0.15) is 32.4 Å². The van der Waals surface area contributed by atoms with Crippen LogP contribution in [0.25, 0.3) is 0 Å². The monoisotopic (exact) mass is 365 g/mol. The van der Waals surface area contributed by atoms with Gasteiger partial charge in [-0.05, 0) is 37.1 Å². The molecule has 1 aromatic heterocycles. The van der Waals surface area contributed by atoms with Crippen LogP contribution >= 0.6 is 11.3 Å². The number of aryl methyl sites for hydroxylation is 1. The fourth-order valence-corrected chi connectivity index (χ4v) is 2.67. The Hall–Kier alpha value is -3.17. The average Bonchev–Trinajstić information content (AvgIpc) is 2.84. The van der Waals surface area contributed by atoms with Gasteiger partial charge in [-0.3, -0.25) is 9.79 Å². The number of phenolic OH excluding ortho intramolecular Hbond substituents is 1. The molecule has 0 fully saturated rings. The molecule has 0 saturated carbocycles. The van der Waals surface area contributed by atoms with E-state index in [-0.39, 0.29) is 5.75 Å². The molecule has 2 N–H and O–H groups in total. The number of rotatable bonds is 2. The van der Waals surface area contributed by atoms with Crippen LogP contribution in [0.15, 0.2) is 53.3 Å². The minimum Gasteiger partial charge on any atom is -0.508 e. The molecule has 0 aliphatic carbocycles. The first-order valence-corrected chi connectivity index (χ1v) is 8.72. The molecule has 1 aliphatic heterocycles. The Morgan fingerprint density at radius 2 is 2.19 bits per heavy atom. The van der Waals surface area contributed by atoms with Crippen LogP contribution in [-0.4, -0.2) is 29.6 Å². The predicted octanol–water partition coefficient (Wildman–Crippen LogP) is 3.45. The summed E-state index contributed by atoms with van der Waals surface area (Å²) in [5.41, 5.74) is 2.57. The highest BCUT2D eigenvalue weighted by Crippen LogP contribution is 2.15. The lowest BCUT2D eigenvalue weighted by atomic mass is 10.2. The second-order valence-electron chi connectivity index (χ2n) is 5.22. The lowest BCUT2D eigenvalue weighted by molar-refractivity contribution is 0.112. The molecule has 0 unspecified atom stereocenters. The predicted molar refractivity (Wildman–Crippen MR) is 106 cm³/mol. The van der Waals surface area contributed by atoms with Gasteiger partial charge >= 0.3 is 0 Å². The number of phenols is 1. The van der Waals surface area contributed by atoms with Crippen molar-refractivity contribution in [1.82, 2.24) is 10.3 Å². The molecule has 0 amide bonds. The molecule has 26 heavy (non-hydrogen) atoms. The maximum atomic E-state index is 10.6. The zero-order chi connectivity index (χ0) is 18.8. The number of carbonyl (C=O) groups is 1. The van der Waals surface area contributed by atoms with Gasteiger partial charge in [-0.25, -0.2) is 4.98 Å². The second kappa shape index (κ2) is 9.97. The highest BCUT2D eigenvalue weighted by molar-refractivity contribution is 7.13. The first kappa shape index (κ1) is 19.2. The summed E-state index contributed by atoms with van der Waals surface area (Å²) in [4.78, 5) is 19.4. The van der Waals surface area contributed by atoms with E-state index in [4.69, 9.17) is 0 Å². The van der Waals surface area contributed by atoms with Gasteiger partial charge in [0.05, 0.1) is 10.6 Å². The Balaban J connectivity index is 0.000000228. The van der Waals surface area contributed by atoms with Crippen LogP contribution in [-0.2, 0) is 0 Å². The van der Waals surface area contributed by atoms with Crippen LogP contribution in [0.3, 0.4) is 0 Å². The van der Waals surface area contributed by atoms with Crippen molar-refractivity contribution in [2.45, 2.75) is 13.3 Å². The molecule has 0 atom stereocenters. The SMILES string of the molecule is CNC1=CN=CC=CC1.Cc1nc(C#Cc2cccc(O)c2)sc1C=O. The van der Waals surface area contributed by atoms with E-state index in [0.717, 1.165) is 18.4 Å². The Morgan fingerprint density at radius 3 is 2.88 bits per heavy atom. The number of benzene rings is 1. The van der Waals surface area contributed by atoms with Crippen molar-refractivity contribution < 1.29 is 9.90 Å². The maximum Gasteiger partial charge on any atom is 0.168 e. The average molecular weight is 365 g/mol. The van der Waals surface area contributed by atoms with Crippen LogP contribution < -0.4 is 5.32 Å². The van der Waals surface area contributed by atoms with E-state index in [1.165, 1.54) is 11.3 Å². The summed E-state index contributed by atoms with van der Waals surface area (Å²) in [7, 11) is 1.90. The van der Waals surface area contributed by atoms with E-state index < -0.39 is 0 Å². The first-order valence-electron chi connectivity index (χ1n) is 7.91. The molecule has 2 aromatic rings. The topological polar surface area (TPSA) is 74.6 Å². The normalized spacial score (nSPS) is 12.0. The summed E-state index contributed by atoms with van der Waals surface area (Å²) >= 11 is 1.27. The Kier molecular flexibility index (Phi) is 7.34. The Morgan fingerprint density at radius 1 is 1.35 bits per heavy atom. The van der Waals surface area contributed by atoms with Crippen LogP contribution in [0.2, 0.25) is 0 Å². The maximum absolute atomic E-state index is 10.6. The number of thiazole rings is 1. The highest BCUT2D eigenvalue weighted by Gasteiger charge is 2.03. The zero-order valence-corrected chi connectivity index (χ0v) is 15.4. The third-order valence-corrected chi connectivity index (χ3v) is 4.30. The summed E-state index contributed by atoms with van der Waals surface area (Å²) in [5.74, 6) is 5.94. The summed E-state index contributed by atoms with van der Waals surface area (Å²) in [6.45, 7) is 1.78. The number of allylic oxidation sites excluding steroid dienone is 2. The summed E-state index contributed by atoms with van der Waals surface area (Å²) in [5, 5.41) is 12.9. The fourth-order valence-electron chi connectivity index (χ4n) is 1.94. The highest BCUT2D eigenvalue weighted by atomic mass is 32.1. The number of carbonyl (C=O) groups excluding carboxylic acids is 1. The van der Waals surface area contributed by atoms with Crippen LogP contribution in [0, 0.1) is 18.8 Å². The van der Waals surface area contributed by atoms with E-state index in [1.54, 1.807) is 37.4 Å². The molecule has 0 bridgehead atoms. The lowest BCUT2D eigenvalue weighted by Crippen LogP contribution is -2.03. The third-order valence-electron chi connectivity index (χ3n) is 3.30. The molecule has 6 heteroatoms. The van der Waals surface area contributed by atoms with E-state index in [9.17, 15) is 9.90 Å². The molecule has 0 spiro atoms. The summed E-state index contributed by atoms with van der Waals surface area (Å²) in [6.07, 6.45) is 9.37. The first-order chi connectivity index (χ1) is 12.6. The fraction of sp³-hybridized carbons (Fsp3) is 0.150. The molecular formula is C20H19N3O2S. The number of aromatic nitrogens is 1. The zero-order valence-electron chi connectivity index (χ0n) is 14.6. The van der Waals surface area contributed by atoms with Gasteiger partial charge in [0.1, 0.15) is 5.75 Å². The molecule has 0 saturated heterocycles. The molecule has 1 aromatic carbocycles. The van der Waals surface area contributed by atoms with Gasteiger partial charge < -0.3 is 10.4 Å². The molecular weight excluding hydrogens is 346 g/mol. The van der Waals surface area contributed by atoms with Crippen molar-refractivity contribution in [3.63, 3.8) is 0 Å². The quantitative estimate of drug-likeness (QED) is 0.631. The van der Waals surface area contributed by atoms with Gasteiger partial charge in [0.15, 0.2) is 11.3 Å². The molecule has 2 heterocycles. The van der Waals surface area contributed by atoms with Gasteiger partial charge in [0.2, 0.25) is 0 Å². The van der Waals surface area contributed by atoms with Gasteiger partial charge in [-0.1, -0.05) is 18.1 Å². The molecule has 1 aliphatic rings. The number of nitrogens with zero attached hydrogens (tertiary/aromatic N) is 2. The van der Waals surface area contributed by atoms with Crippen molar-refractivity contribution >= 4 is 23.8 Å². The molecule has 0 radical (unpaired) electrons. The minimum atomic E-state index is 0.181. The Labute approximate surface area is 156 Å². The minimum absolute atomic E-state index is 0.181. The van der Waals surface area contributed by atoms with E-state index in [1.807, 2.05) is 19.3 Å². The second-order valence-corrected chi connectivity index (χ2v) is 6.25. The summed E-state index contributed by atoms with van der Waals surface area (Å²) in [6, 6.07) is 6.69. The Bertz CT molecular complexity index is 915. The largest absolute Gasteiger partial charge is 0.508 e. The molecule has 132 valence electrons. The van der Waals surface area contributed by atoms with Gasteiger partial charge in [0, 0.05) is 37.1 Å². The van der Waals surface area contributed by atoms with Crippen molar-refractivity contribution in [2.75, 3.05) is 7.05 Å². The van der Waals surface area contributed by atoms with Gasteiger partial charge in [-0.15, -0.1) is 11.3 Å². The molecule has 5 nitrogen and oxygen atoms in total. The number of hydrogen-bond acceptors (Lipinski definition) is 6. The number of aromatic hydroxyl groups is 1. The third kappa shape index (κ3) is 6.04. The van der Waals surface area contributed by atoms with Crippen molar-refractivity contribution in [3.05, 3.63) is 69.5 Å². The van der Waals surface area contributed by atoms with Crippen molar-refractivity contribution in [2.24, 2.45) is 4.99 Å². The lowest BCUT2D eigenvalue weighted by Gasteiger charge is -1.97. The van der Waals surface area contributed by atoms with E-state index in [2.05, 4.69) is 33.2 Å². The number of nitrogens with one attached hydrogen (secondary N) is 1. The standard InChI is InChI=1S/C13H9NO2S.C7H10N2/c1-9-12(8-15)17-13(14-9)6-5-10-3-2-4-11(16)7-10;1-8-7-4-2-3-5-9-6-7/h2-4,7-8,16H,1H3;2-3,5-6,8H,4H2,1H3. The van der Waals surface area contributed by atoms with Crippen molar-refractivity contribution in [1.29, 1.82) is 0 Å².